The van der Waals surface area contributed by atoms with Gasteiger partial charge in [-0.2, -0.15) is 4.31 Å². The van der Waals surface area contributed by atoms with E-state index in [0.29, 0.717) is 43.8 Å². The van der Waals surface area contributed by atoms with Crippen LogP contribution in [0, 0.1) is 0 Å². The molecule has 1 fully saturated rings. The summed E-state index contributed by atoms with van der Waals surface area (Å²) in [4.78, 5) is 0.323. The minimum Gasteiger partial charge on any atom is -0.390 e. The summed E-state index contributed by atoms with van der Waals surface area (Å²) in [7, 11) is -1.61. The summed E-state index contributed by atoms with van der Waals surface area (Å²) in [5.74, 6) is 0. The van der Waals surface area contributed by atoms with Gasteiger partial charge in [0, 0.05) is 19.6 Å². The van der Waals surface area contributed by atoms with E-state index in [1.165, 1.54) is 4.31 Å². The van der Waals surface area contributed by atoms with E-state index in [1.807, 2.05) is 19.2 Å². The zero-order chi connectivity index (χ0) is 15.5. The van der Waals surface area contributed by atoms with E-state index in [9.17, 15) is 13.5 Å². The van der Waals surface area contributed by atoms with Crippen LogP contribution in [0.4, 0.5) is 0 Å². The molecule has 21 heavy (non-hydrogen) atoms. The van der Waals surface area contributed by atoms with Gasteiger partial charge in [-0.25, -0.2) is 8.42 Å². The van der Waals surface area contributed by atoms with E-state index in [4.69, 9.17) is 0 Å². The van der Waals surface area contributed by atoms with Crippen LogP contribution in [0.1, 0.15) is 31.7 Å². The molecule has 1 unspecified atom stereocenters. The third-order valence-electron chi connectivity index (χ3n) is 3.96. The van der Waals surface area contributed by atoms with Crippen LogP contribution in [-0.2, 0) is 16.6 Å². The third-order valence-corrected chi connectivity index (χ3v) is 5.88. The molecule has 6 heteroatoms. The Morgan fingerprint density at radius 3 is 2.52 bits per heavy atom. The van der Waals surface area contributed by atoms with Crippen LogP contribution in [0.15, 0.2) is 29.2 Å². The highest BCUT2D eigenvalue weighted by molar-refractivity contribution is 7.89. The van der Waals surface area contributed by atoms with Gasteiger partial charge in [0.05, 0.1) is 10.5 Å². The van der Waals surface area contributed by atoms with Crippen LogP contribution in [0.25, 0.3) is 0 Å². The Morgan fingerprint density at radius 1 is 1.24 bits per heavy atom. The zero-order valence-electron chi connectivity index (χ0n) is 12.7. The third kappa shape index (κ3) is 4.03. The van der Waals surface area contributed by atoms with Crippen molar-refractivity contribution in [1.82, 2.24) is 9.62 Å². The van der Waals surface area contributed by atoms with E-state index in [2.05, 4.69) is 5.32 Å². The van der Waals surface area contributed by atoms with E-state index in [0.717, 1.165) is 5.56 Å². The van der Waals surface area contributed by atoms with Crippen LogP contribution in [-0.4, -0.2) is 43.6 Å². The number of rotatable bonds is 4. The first-order valence-corrected chi connectivity index (χ1v) is 8.75. The number of nitrogens with zero attached hydrogens (tertiary/aromatic N) is 1. The Bertz CT molecular complexity index is 567. The molecule has 0 aliphatic carbocycles. The van der Waals surface area contributed by atoms with Crippen molar-refractivity contribution in [3.05, 3.63) is 29.8 Å². The Labute approximate surface area is 127 Å². The van der Waals surface area contributed by atoms with Crippen LogP contribution in [0.3, 0.4) is 0 Å². The SMILES string of the molecule is CNCc1ccc(S(=O)(=O)N2CCCC(C)(O)CC2)cc1. The van der Waals surface area contributed by atoms with E-state index in [-0.39, 0.29) is 0 Å². The lowest BCUT2D eigenvalue weighted by Gasteiger charge is -2.22. The Kier molecular flexibility index (Phi) is 5.03. The average Bonchev–Trinajstić information content (AvgIpc) is 2.61. The fraction of sp³-hybridized carbons (Fsp3) is 0.600. The van der Waals surface area contributed by atoms with Crippen LogP contribution < -0.4 is 5.32 Å². The molecule has 0 amide bonds. The molecular formula is C15H24N2O3S. The van der Waals surface area contributed by atoms with Gasteiger partial charge in [-0.05, 0) is 50.9 Å². The van der Waals surface area contributed by atoms with Crippen LogP contribution in [0.2, 0.25) is 0 Å². The predicted molar refractivity (Wildman–Crippen MR) is 82.4 cm³/mol. The fourth-order valence-electron chi connectivity index (χ4n) is 2.61. The molecule has 0 saturated carbocycles. The molecule has 118 valence electrons. The summed E-state index contributed by atoms with van der Waals surface area (Å²) in [5.41, 5.74) is 0.288. The largest absolute Gasteiger partial charge is 0.390 e. The molecule has 0 radical (unpaired) electrons. The molecule has 0 aromatic heterocycles. The van der Waals surface area contributed by atoms with Crippen molar-refractivity contribution in [1.29, 1.82) is 0 Å². The number of nitrogens with one attached hydrogen (secondary N) is 1. The first kappa shape index (κ1) is 16.4. The van der Waals surface area contributed by atoms with Gasteiger partial charge in [-0.15, -0.1) is 0 Å². The monoisotopic (exact) mass is 312 g/mol. The number of aliphatic hydroxyl groups is 1. The van der Waals surface area contributed by atoms with Gasteiger partial charge in [-0.1, -0.05) is 12.1 Å². The van der Waals surface area contributed by atoms with Crippen molar-refractivity contribution in [2.75, 3.05) is 20.1 Å². The van der Waals surface area contributed by atoms with Crippen molar-refractivity contribution in [2.24, 2.45) is 0 Å². The molecule has 0 spiro atoms. The summed E-state index contributed by atoms with van der Waals surface area (Å²) in [6.07, 6.45) is 1.80. The van der Waals surface area contributed by atoms with Gasteiger partial charge in [-0.3, -0.25) is 0 Å². The van der Waals surface area contributed by atoms with E-state index >= 15 is 0 Å². The molecule has 1 saturated heterocycles. The molecule has 0 bridgehead atoms. The van der Waals surface area contributed by atoms with Gasteiger partial charge in [0.1, 0.15) is 0 Å². The standard InChI is InChI=1S/C15H24N2O3S/c1-15(18)8-3-10-17(11-9-15)21(19,20)14-6-4-13(5-7-14)12-16-2/h4-7,16,18H,3,8-12H2,1-2H3. The normalized spacial score (nSPS) is 24.7. The zero-order valence-corrected chi connectivity index (χ0v) is 13.5. The minimum atomic E-state index is -3.47. The van der Waals surface area contributed by atoms with Crippen LogP contribution >= 0.6 is 0 Å². The highest BCUT2D eigenvalue weighted by Crippen LogP contribution is 2.25. The quantitative estimate of drug-likeness (QED) is 0.880. The number of hydrogen-bond acceptors (Lipinski definition) is 4. The Morgan fingerprint density at radius 2 is 1.90 bits per heavy atom. The van der Waals surface area contributed by atoms with Gasteiger partial charge < -0.3 is 10.4 Å². The maximum Gasteiger partial charge on any atom is 0.243 e. The second-order valence-electron chi connectivity index (χ2n) is 5.93. The lowest BCUT2D eigenvalue weighted by Crippen LogP contribution is -2.33. The van der Waals surface area contributed by atoms with Crippen LogP contribution in [0.5, 0.6) is 0 Å². The summed E-state index contributed by atoms with van der Waals surface area (Å²) in [6.45, 7) is 3.33. The molecule has 1 heterocycles. The lowest BCUT2D eigenvalue weighted by molar-refractivity contribution is 0.0465. The fourth-order valence-corrected chi connectivity index (χ4v) is 4.09. The lowest BCUT2D eigenvalue weighted by atomic mass is 9.98. The first-order chi connectivity index (χ1) is 9.85. The van der Waals surface area contributed by atoms with Crippen molar-refractivity contribution < 1.29 is 13.5 Å². The number of hydrogen-bond donors (Lipinski definition) is 2. The van der Waals surface area contributed by atoms with E-state index in [1.54, 1.807) is 19.1 Å². The number of sulfonamides is 1. The van der Waals surface area contributed by atoms with Crippen molar-refractivity contribution in [2.45, 2.75) is 43.2 Å². The molecule has 1 aromatic carbocycles. The molecule has 5 nitrogen and oxygen atoms in total. The highest BCUT2D eigenvalue weighted by atomic mass is 32.2. The minimum absolute atomic E-state index is 0.323. The van der Waals surface area contributed by atoms with Gasteiger partial charge in [0.15, 0.2) is 0 Å². The summed E-state index contributed by atoms with van der Waals surface area (Å²) < 4.78 is 26.8. The van der Waals surface area contributed by atoms with Crippen molar-refractivity contribution >= 4 is 10.0 Å². The molecule has 1 aliphatic heterocycles. The van der Waals surface area contributed by atoms with Crippen molar-refractivity contribution in [3.8, 4) is 0 Å². The Hall–Kier alpha value is -0.950. The smallest absolute Gasteiger partial charge is 0.243 e. The Balaban J connectivity index is 2.17. The van der Waals surface area contributed by atoms with Crippen molar-refractivity contribution in [3.63, 3.8) is 0 Å². The molecule has 1 aromatic rings. The molecule has 1 aliphatic rings. The maximum atomic E-state index is 12.6. The average molecular weight is 312 g/mol. The first-order valence-electron chi connectivity index (χ1n) is 7.31. The highest BCUT2D eigenvalue weighted by Gasteiger charge is 2.31. The number of benzene rings is 1. The van der Waals surface area contributed by atoms with E-state index < -0.39 is 15.6 Å². The van der Waals surface area contributed by atoms with Gasteiger partial charge >= 0.3 is 0 Å². The summed E-state index contributed by atoms with van der Waals surface area (Å²) in [6, 6.07) is 6.98. The second kappa shape index (κ2) is 6.44. The van der Waals surface area contributed by atoms with Gasteiger partial charge in [0.25, 0.3) is 0 Å². The summed E-state index contributed by atoms with van der Waals surface area (Å²) in [5, 5.41) is 13.1. The second-order valence-corrected chi connectivity index (χ2v) is 7.87. The molecule has 1 atom stereocenters. The summed E-state index contributed by atoms with van der Waals surface area (Å²) >= 11 is 0. The molecular weight excluding hydrogens is 288 g/mol. The molecule has 2 N–H and O–H groups in total. The predicted octanol–water partition coefficient (Wildman–Crippen LogP) is 1.33. The molecule has 2 rings (SSSR count). The van der Waals surface area contributed by atoms with Gasteiger partial charge in [0.2, 0.25) is 10.0 Å². The topological polar surface area (TPSA) is 69.6 Å². The maximum absolute atomic E-state index is 12.6.